The van der Waals surface area contributed by atoms with Gasteiger partial charge in [-0.05, 0) is 44.7 Å². The Bertz CT molecular complexity index is 932. The molecule has 3 fully saturated rings. The van der Waals surface area contributed by atoms with Crippen molar-refractivity contribution in [1.29, 1.82) is 0 Å². The average Bonchev–Trinajstić information content (AvgIpc) is 3.36. The van der Waals surface area contributed by atoms with Crippen LogP contribution >= 0.6 is 27.5 Å². The first kappa shape index (κ1) is 24.4. The number of alkyl halides is 1. The van der Waals surface area contributed by atoms with Crippen LogP contribution in [0, 0.1) is 11.8 Å². The number of benzene rings is 1. The van der Waals surface area contributed by atoms with Crippen LogP contribution in [-0.4, -0.2) is 70.1 Å². The van der Waals surface area contributed by atoms with E-state index in [2.05, 4.69) is 21.2 Å². The highest BCUT2D eigenvalue weighted by Crippen LogP contribution is 2.60. The number of aliphatic hydroxyl groups is 1. The zero-order valence-corrected chi connectivity index (χ0v) is 20.7. The molecule has 0 radical (unpaired) electrons. The fourth-order valence-corrected chi connectivity index (χ4v) is 6.64. The number of aliphatic hydroxyl groups excluding tert-OH is 1. The predicted octanol–water partition coefficient (Wildman–Crippen LogP) is 2.75. The molecule has 3 aliphatic heterocycles. The summed E-state index contributed by atoms with van der Waals surface area (Å²) in [5, 5.41) is 12.3. The van der Waals surface area contributed by atoms with E-state index in [1.54, 1.807) is 36.1 Å². The van der Waals surface area contributed by atoms with Crippen molar-refractivity contribution < 1.29 is 29.0 Å². The normalized spacial score (nSPS) is 32.2. The van der Waals surface area contributed by atoms with Crippen molar-refractivity contribution in [3.05, 3.63) is 29.3 Å². The number of carbonyl (C=O) groups excluding carboxylic acids is 3. The highest BCUT2D eigenvalue weighted by Gasteiger charge is 2.76. The second-order valence-corrected chi connectivity index (χ2v) is 10.3. The Morgan fingerprint density at radius 3 is 2.79 bits per heavy atom. The third-order valence-electron chi connectivity index (χ3n) is 6.79. The van der Waals surface area contributed by atoms with Gasteiger partial charge in [0.1, 0.15) is 11.6 Å². The van der Waals surface area contributed by atoms with Crippen molar-refractivity contribution in [3.63, 3.8) is 0 Å². The maximum absolute atomic E-state index is 13.7. The summed E-state index contributed by atoms with van der Waals surface area (Å²) in [5.74, 6) is -2.69. The second-order valence-electron chi connectivity index (χ2n) is 8.70. The molecule has 0 aliphatic carbocycles. The minimum absolute atomic E-state index is 0.0674. The van der Waals surface area contributed by atoms with Crippen LogP contribution in [0.3, 0.4) is 0 Å². The zero-order chi connectivity index (χ0) is 23.8. The summed E-state index contributed by atoms with van der Waals surface area (Å²) in [6.07, 6.45) is 1.84. The van der Waals surface area contributed by atoms with Gasteiger partial charge < -0.3 is 24.8 Å². The number of halogens is 2. The summed E-state index contributed by atoms with van der Waals surface area (Å²) in [6.45, 7) is 2.31. The largest absolute Gasteiger partial charge is 0.466 e. The van der Waals surface area contributed by atoms with Gasteiger partial charge in [-0.2, -0.15) is 0 Å². The summed E-state index contributed by atoms with van der Waals surface area (Å²) in [7, 11) is 0. The van der Waals surface area contributed by atoms with Gasteiger partial charge in [0.2, 0.25) is 11.8 Å². The number of likely N-dealkylation sites (tertiary alicyclic amines) is 1. The Morgan fingerprint density at radius 1 is 1.33 bits per heavy atom. The standard InChI is InChI=1S/C23H28BrClN2O6/c1-2-32-22(31)16-17-21(30)27(10-6-3-7-11-28)19(23(17)12-13(24)18(16)33-23)20(29)26-15-9-5-4-8-14(15)25/h4-5,8-9,13,16-19,28H,2-3,6-7,10-12H2,1H3,(H,26,29)/t13?,16-,17-,18-,19?,23?/m0/s1. The van der Waals surface area contributed by atoms with Gasteiger partial charge in [-0.15, -0.1) is 0 Å². The predicted molar refractivity (Wildman–Crippen MR) is 125 cm³/mol. The number of ether oxygens (including phenoxy) is 2. The van der Waals surface area contributed by atoms with Gasteiger partial charge in [0.15, 0.2) is 0 Å². The van der Waals surface area contributed by atoms with E-state index in [4.69, 9.17) is 26.2 Å². The van der Waals surface area contributed by atoms with Gasteiger partial charge >= 0.3 is 5.97 Å². The highest BCUT2D eigenvalue weighted by molar-refractivity contribution is 9.09. The van der Waals surface area contributed by atoms with Crippen LogP contribution in [0.15, 0.2) is 24.3 Å². The summed E-state index contributed by atoms with van der Waals surface area (Å²) in [6, 6.07) is 5.98. The van der Waals surface area contributed by atoms with Crippen molar-refractivity contribution in [2.45, 2.75) is 55.2 Å². The van der Waals surface area contributed by atoms with E-state index in [-0.39, 0.29) is 23.9 Å². The first-order valence-corrected chi connectivity index (χ1v) is 12.6. The molecule has 0 aromatic heterocycles. The topological polar surface area (TPSA) is 105 Å². The first-order valence-electron chi connectivity index (χ1n) is 11.3. The summed E-state index contributed by atoms with van der Waals surface area (Å²) in [4.78, 5) is 41.5. The van der Waals surface area contributed by atoms with Crippen LogP contribution < -0.4 is 5.32 Å². The van der Waals surface area contributed by atoms with E-state index >= 15 is 0 Å². The van der Waals surface area contributed by atoms with Crippen LogP contribution in [0.1, 0.15) is 32.6 Å². The Morgan fingerprint density at radius 2 is 2.09 bits per heavy atom. The highest BCUT2D eigenvalue weighted by atomic mass is 79.9. The summed E-state index contributed by atoms with van der Waals surface area (Å²) in [5.41, 5.74) is -0.683. The molecule has 180 valence electrons. The molecule has 1 spiro atoms. The Balaban J connectivity index is 1.68. The number of esters is 1. The fourth-order valence-electron chi connectivity index (χ4n) is 5.51. The molecule has 6 atom stereocenters. The lowest BCUT2D eigenvalue weighted by atomic mass is 9.70. The molecule has 3 heterocycles. The van der Waals surface area contributed by atoms with Crippen molar-refractivity contribution in [2.24, 2.45) is 11.8 Å². The van der Waals surface area contributed by atoms with Crippen molar-refractivity contribution in [2.75, 3.05) is 25.1 Å². The fraction of sp³-hybridized carbons (Fsp3) is 0.609. The van der Waals surface area contributed by atoms with E-state index in [0.717, 1.165) is 0 Å². The quantitative estimate of drug-likeness (QED) is 0.282. The van der Waals surface area contributed by atoms with Gasteiger partial charge in [0.05, 0.1) is 35.3 Å². The molecule has 2 amide bonds. The van der Waals surface area contributed by atoms with E-state index in [9.17, 15) is 14.4 Å². The Labute approximate surface area is 206 Å². The first-order chi connectivity index (χ1) is 15.9. The SMILES string of the molecule is CCOC(=O)[C@H]1[C@H]2C(=O)N(CCCCCO)C(C(=O)Nc3ccccc3Cl)C23CC(Br)[C@@H]1O3. The maximum Gasteiger partial charge on any atom is 0.312 e. The van der Waals surface area contributed by atoms with Gasteiger partial charge in [0.25, 0.3) is 0 Å². The van der Waals surface area contributed by atoms with Crippen LogP contribution in [0.2, 0.25) is 5.02 Å². The average molecular weight is 544 g/mol. The lowest BCUT2D eigenvalue weighted by molar-refractivity contribution is -0.154. The number of nitrogens with zero attached hydrogens (tertiary/aromatic N) is 1. The zero-order valence-electron chi connectivity index (χ0n) is 18.3. The molecule has 1 aromatic rings. The molecule has 2 N–H and O–H groups in total. The summed E-state index contributed by atoms with van der Waals surface area (Å²) < 4.78 is 11.6. The van der Waals surface area contributed by atoms with Crippen LogP contribution in [0.4, 0.5) is 5.69 Å². The minimum atomic E-state index is -1.13. The van der Waals surface area contributed by atoms with Gasteiger partial charge in [-0.1, -0.05) is 39.7 Å². The number of fused-ring (bicyclic) bond motifs is 1. The molecule has 33 heavy (non-hydrogen) atoms. The number of unbranched alkanes of at least 4 members (excludes halogenated alkanes) is 2. The molecular formula is C23H28BrClN2O6. The Kier molecular flexibility index (Phi) is 7.33. The van der Waals surface area contributed by atoms with E-state index in [0.29, 0.717) is 42.9 Å². The van der Waals surface area contributed by atoms with Crippen LogP contribution in [-0.2, 0) is 23.9 Å². The van der Waals surface area contributed by atoms with E-state index in [1.807, 2.05) is 0 Å². The molecule has 2 bridgehead atoms. The molecule has 3 unspecified atom stereocenters. The van der Waals surface area contributed by atoms with Crippen LogP contribution in [0.25, 0.3) is 0 Å². The van der Waals surface area contributed by atoms with E-state index in [1.165, 1.54) is 0 Å². The number of carbonyl (C=O) groups is 3. The number of nitrogens with one attached hydrogen (secondary N) is 1. The van der Waals surface area contributed by atoms with E-state index < -0.39 is 41.5 Å². The number of hydrogen-bond donors (Lipinski definition) is 2. The number of hydrogen-bond acceptors (Lipinski definition) is 6. The molecule has 4 rings (SSSR count). The Hall–Kier alpha value is -1.68. The molecule has 10 heteroatoms. The van der Waals surface area contributed by atoms with Crippen LogP contribution in [0.5, 0.6) is 0 Å². The number of para-hydroxylation sites is 1. The monoisotopic (exact) mass is 542 g/mol. The molecule has 1 aromatic carbocycles. The lowest BCUT2D eigenvalue weighted by Crippen LogP contribution is -2.54. The summed E-state index contributed by atoms with van der Waals surface area (Å²) >= 11 is 9.86. The van der Waals surface area contributed by atoms with Crippen molar-refractivity contribution in [1.82, 2.24) is 4.90 Å². The van der Waals surface area contributed by atoms with Gasteiger partial charge in [0, 0.05) is 18.0 Å². The number of anilines is 1. The molecule has 8 nitrogen and oxygen atoms in total. The van der Waals surface area contributed by atoms with Gasteiger partial charge in [-0.3, -0.25) is 14.4 Å². The minimum Gasteiger partial charge on any atom is -0.466 e. The lowest BCUT2D eigenvalue weighted by Gasteiger charge is -2.34. The molecule has 3 aliphatic rings. The molecule has 0 saturated carbocycles. The number of amides is 2. The maximum atomic E-state index is 13.7. The molecular weight excluding hydrogens is 516 g/mol. The number of rotatable bonds is 9. The second kappa shape index (κ2) is 9.90. The van der Waals surface area contributed by atoms with Gasteiger partial charge in [-0.25, -0.2) is 0 Å². The van der Waals surface area contributed by atoms with Crippen molar-refractivity contribution >= 4 is 51.0 Å². The molecule has 3 saturated heterocycles. The third kappa shape index (κ3) is 4.17. The smallest absolute Gasteiger partial charge is 0.312 e. The third-order valence-corrected chi connectivity index (χ3v) is 7.96. The van der Waals surface area contributed by atoms with Crippen molar-refractivity contribution in [3.8, 4) is 0 Å².